The predicted octanol–water partition coefficient (Wildman–Crippen LogP) is 3.91. The molecule has 0 aromatic heterocycles. The number of ether oxygens (including phenoxy) is 3. The second-order valence-corrected chi connectivity index (χ2v) is 10.1. The van der Waals surface area contributed by atoms with E-state index < -0.39 is 0 Å². The first-order valence-electron chi connectivity index (χ1n) is 12.8. The van der Waals surface area contributed by atoms with Crippen LogP contribution in [0.5, 0.6) is 0 Å². The van der Waals surface area contributed by atoms with Crippen molar-refractivity contribution in [2.75, 3.05) is 66.8 Å². The quantitative estimate of drug-likeness (QED) is 0.308. The molecule has 9 heteroatoms. The standard InChI is InChI=1S/C28H39Cl2N3O4/c1-33(28(34)18-22-5-8-25(29)26(30)17-22)11-9-21-3-6-23(7-4-21)27-19-24(20-32-27)31-10-12-36-15-16-37-14-13-35-2/h3-8,17,24,27,31-32H,9-16,18-20H2,1-2H3. The van der Waals surface area contributed by atoms with Crippen molar-refractivity contribution in [3.8, 4) is 0 Å². The van der Waals surface area contributed by atoms with Gasteiger partial charge in [-0.25, -0.2) is 0 Å². The van der Waals surface area contributed by atoms with Gasteiger partial charge in [0.25, 0.3) is 0 Å². The van der Waals surface area contributed by atoms with Gasteiger partial charge in [-0.1, -0.05) is 53.5 Å². The van der Waals surface area contributed by atoms with Crippen LogP contribution < -0.4 is 10.6 Å². The number of nitrogens with one attached hydrogen (secondary N) is 2. The highest BCUT2D eigenvalue weighted by atomic mass is 35.5. The average Bonchev–Trinajstić information content (AvgIpc) is 3.37. The number of hydrogen-bond donors (Lipinski definition) is 2. The SMILES string of the molecule is COCCOCCOCCNC1CNC(c2ccc(CCN(C)C(=O)Cc3ccc(Cl)c(Cl)c3)cc2)C1. The Morgan fingerprint density at radius 1 is 1.00 bits per heavy atom. The summed E-state index contributed by atoms with van der Waals surface area (Å²) in [7, 11) is 3.50. The van der Waals surface area contributed by atoms with E-state index >= 15 is 0 Å². The van der Waals surface area contributed by atoms with Crippen molar-refractivity contribution in [1.82, 2.24) is 15.5 Å². The van der Waals surface area contributed by atoms with E-state index in [9.17, 15) is 4.79 Å². The number of carbonyl (C=O) groups excluding carboxylic acids is 1. The normalized spacial score (nSPS) is 17.3. The second-order valence-electron chi connectivity index (χ2n) is 9.30. The molecule has 1 aliphatic heterocycles. The molecule has 3 rings (SSSR count). The maximum atomic E-state index is 12.6. The largest absolute Gasteiger partial charge is 0.382 e. The summed E-state index contributed by atoms with van der Waals surface area (Å²) in [5, 5.41) is 8.15. The Kier molecular flexibility index (Phi) is 13.1. The minimum atomic E-state index is 0.0597. The summed E-state index contributed by atoms with van der Waals surface area (Å²) in [5.41, 5.74) is 3.37. The number of nitrogens with zero attached hydrogens (tertiary/aromatic N) is 1. The third kappa shape index (κ3) is 10.5. The molecule has 0 aliphatic carbocycles. The van der Waals surface area contributed by atoms with Crippen molar-refractivity contribution in [3.05, 3.63) is 69.2 Å². The lowest BCUT2D eigenvalue weighted by molar-refractivity contribution is -0.129. The lowest BCUT2D eigenvalue weighted by Gasteiger charge is -2.18. The Morgan fingerprint density at radius 3 is 2.43 bits per heavy atom. The van der Waals surface area contributed by atoms with Crippen LogP contribution in [-0.4, -0.2) is 83.7 Å². The molecule has 2 atom stereocenters. The maximum absolute atomic E-state index is 12.6. The third-order valence-electron chi connectivity index (χ3n) is 6.50. The zero-order chi connectivity index (χ0) is 26.5. The molecule has 1 heterocycles. The third-order valence-corrected chi connectivity index (χ3v) is 7.24. The smallest absolute Gasteiger partial charge is 0.226 e. The first-order chi connectivity index (χ1) is 18.0. The Bertz CT molecular complexity index is 961. The van der Waals surface area contributed by atoms with E-state index in [4.69, 9.17) is 37.4 Å². The Hall–Kier alpha value is -1.71. The first kappa shape index (κ1) is 29.8. The summed E-state index contributed by atoms with van der Waals surface area (Å²) in [6.45, 7) is 5.52. The van der Waals surface area contributed by atoms with E-state index in [1.165, 1.54) is 11.1 Å². The van der Waals surface area contributed by atoms with Gasteiger partial charge in [0.1, 0.15) is 0 Å². The molecule has 2 aromatic carbocycles. The summed E-state index contributed by atoms with van der Waals surface area (Å²) in [5.74, 6) is 0.0597. The van der Waals surface area contributed by atoms with Crippen LogP contribution in [-0.2, 0) is 31.8 Å². The van der Waals surface area contributed by atoms with Gasteiger partial charge in [-0.15, -0.1) is 0 Å². The monoisotopic (exact) mass is 551 g/mol. The molecule has 7 nitrogen and oxygen atoms in total. The van der Waals surface area contributed by atoms with E-state index in [2.05, 4.69) is 34.9 Å². The molecular formula is C28H39Cl2N3O4. The molecule has 37 heavy (non-hydrogen) atoms. The number of rotatable bonds is 16. The molecule has 1 aliphatic rings. The predicted molar refractivity (Wildman–Crippen MR) is 149 cm³/mol. The van der Waals surface area contributed by atoms with Gasteiger partial charge in [0.2, 0.25) is 5.91 Å². The minimum absolute atomic E-state index is 0.0597. The van der Waals surface area contributed by atoms with Crippen molar-refractivity contribution < 1.29 is 19.0 Å². The molecule has 204 valence electrons. The number of benzene rings is 2. The lowest BCUT2D eigenvalue weighted by Crippen LogP contribution is -2.33. The van der Waals surface area contributed by atoms with Crippen LogP contribution in [0.25, 0.3) is 0 Å². The molecule has 0 bridgehead atoms. The van der Waals surface area contributed by atoms with Crippen molar-refractivity contribution in [2.24, 2.45) is 0 Å². The molecular weight excluding hydrogens is 513 g/mol. The number of amides is 1. The van der Waals surface area contributed by atoms with Crippen molar-refractivity contribution in [3.63, 3.8) is 0 Å². The van der Waals surface area contributed by atoms with Crippen LogP contribution in [0.15, 0.2) is 42.5 Å². The maximum Gasteiger partial charge on any atom is 0.226 e. The van der Waals surface area contributed by atoms with Crippen molar-refractivity contribution in [1.29, 1.82) is 0 Å². The second kappa shape index (κ2) is 16.3. The summed E-state index contributed by atoms with van der Waals surface area (Å²) >= 11 is 12.0. The number of likely N-dealkylation sites (N-methyl/N-ethyl adjacent to an activating group) is 1. The number of methoxy groups -OCH3 is 1. The van der Waals surface area contributed by atoms with Crippen LogP contribution in [0.3, 0.4) is 0 Å². The van der Waals surface area contributed by atoms with Crippen LogP contribution in [0.1, 0.15) is 29.2 Å². The van der Waals surface area contributed by atoms with Gasteiger partial charge in [0.15, 0.2) is 0 Å². The first-order valence-corrected chi connectivity index (χ1v) is 13.6. The van der Waals surface area contributed by atoms with Crippen LogP contribution in [0.2, 0.25) is 10.0 Å². The molecule has 1 saturated heterocycles. The van der Waals surface area contributed by atoms with Crippen molar-refractivity contribution >= 4 is 29.1 Å². The molecule has 0 saturated carbocycles. The minimum Gasteiger partial charge on any atom is -0.382 e. The molecule has 2 aromatic rings. The Labute approximate surface area is 230 Å². The number of hydrogen-bond acceptors (Lipinski definition) is 6. The van der Waals surface area contributed by atoms with E-state index in [0.717, 1.165) is 31.5 Å². The van der Waals surface area contributed by atoms with Gasteiger partial charge < -0.3 is 29.7 Å². The van der Waals surface area contributed by atoms with Crippen LogP contribution >= 0.6 is 23.2 Å². The van der Waals surface area contributed by atoms with Gasteiger partial charge in [0, 0.05) is 45.9 Å². The Morgan fingerprint density at radius 2 is 1.70 bits per heavy atom. The van der Waals surface area contributed by atoms with Crippen molar-refractivity contribution in [2.45, 2.75) is 31.3 Å². The van der Waals surface area contributed by atoms with Gasteiger partial charge in [-0.3, -0.25) is 4.79 Å². The molecule has 2 unspecified atom stereocenters. The van der Waals surface area contributed by atoms with Crippen LogP contribution in [0, 0.1) is 0 Å². The van der Waals surface area contributed by atoms with E-state index in [1.807, 2.05) is 13.1 Å². The highest BCUT2D eigenvalue weighted by Crippen LogP contribution is 2.24. The molecule has 1 fully saturated rings. The lowest BCUT2D eigenvalue weighted by atomic mass is 10.0. The van der Waals surface area contributed by atoms with Gasteiger partial charge in [0.05, 0.1) is 49.5 Å². The highest BCUT2D eigenvalue weighted by molar-refractivity contribution is 6.42. The summed E-state index contributed by atoms with van der Waals surface area (Å²) < 4.78 is 15.9. The Balaban J connectivity index is 1.31. The molecule has 0 radical (unpaired) electrons. The summed E-state index contributed by atoms with van der Waals surface area (Å²) in [4.78, 5) is 14.3. The van der Waals surface area contributed by atoms with E-state index in [-0.39, 0.29) is 5.91 Å². The molecule has 1 amide bonds. The van der Waals surface area contributed by atoms with E-state index in [0.29, 0.717) is 68.1 Å². The van der Waals surface area contributed by atoms with E-state index in [1.54, 1.807) is 24.1 Å². The van der Waals surface area contributed by atoms with Gasteiger partial charge in [-0.2, -0.15) is 0 Å². The summed E-state index contributed by atoms with van der Waals surface area (Å²) in [6, 6.07) is 14.8. The fraction of sp³-hybridized carbons (Fsp3) is 0.536. The fourth-order valence-electron chi connectivity index (χ4n) is 4.24. The molecule has 2 N–H and O–H groups in total. The average molecular weight is 553 g/mol. The zero-order valence-corrected chi connectivity index (χ0v) is 23.3. The zero-order valence-electron chi connectivity index (χ0n) is 21.8. The van der Waals surface area contributed by atoms with Gasteiger partial charge in [-0.05, 0) is 41.7 Å². The topological polar surface area (TPSA) is 72.1 Å². The number of halogens is 2. The fourth-order valence-corrected chi connectivity index (χ4v) is 4.56. The van der Waals surface area contributed by atoms with Gasteiger partial charge >= 0.3 is 0 Å². The number of carbonyl (C=O) groups is 1. The van der Waals surface area contributed by atoms with Crippen LogP contribution in [0.4, 0.5) is 0 Å². The summed E-state index contributed by atoms with van der Waals surface area (Å²) in [6.07, 6.45) is 2.17. The highest BCUT2D eigenvalue weighted by Gasteiger charge is 2.24. The molecule has 0 spiro atoms.